The second kappa shape index (κ2) is 9.78. The molecule has 1 aromatic rings. The first kappa shape index (κ1) is 18.1. The Balaban J connectivity index is 1.73. The SMILES string of the molecule is COc1ccc(CCNC(C)CC2CCCCCN2)cc1OC. The van der Waals surface area contributed by atoms with Crippen molar-refractivity contribution < 1.29 is 9.47 Å². The van der Waals surface area contributed by atoms with Crippen LogP contribution >= 0.6 is 0 Å². The largest absolute Gasteiger partial charge is 0.493 e. The van der Waals surface area contributed by atoms with E-state index in [-0.39, 0.29) is 0 Å². The number of rotatable bonds is 8. The quantitative estimate of drug-likeness (QED) is 0.772. The Kier molecular flexibility index (Phi) is 7.69. The van der Waals surface area contributed by atoms with Crippen LogP contribution in [-0.4, -0.2) is 39.4 Å². The van der Waals surface area contributed by atoms with Crippen LogP contribution < -0.4 is 20.1 Å². The van der Waals surface area contributed by atoms with E-state index in [4.69, 9.17) is 9.47 Å². The molecule has 1 saturated heterocycles. The number of hydrogen-bond acceptors (Lipinski definition) is 4. The van der Waals surface area contributed by atoms with Gasteiger partial charge in [-0.25, -0.2) is 0 Å². The lowest BCUT2D eigenvalue weighted by Crippen LogP contribution is -2.37. The standard InChI is InChI=1S/C19H32N2O2/c1-15(13-17-7-5-4-6-11-21-17)20-12-10-16-8-9-18(22-2)19(14-16)23-3/h8-9,14-15,17,20-21H,4-7,10-13H2,1-3H3. The molecule has 2 unspecified atom stereocenters. The van der Waals surface area contributed by atoms with Gasteiger partial charge in [-0.05, 0) is 63.4 Å². The first-order valence-corrected chi connectivity index (χ1v) is 8.90. The zero-order valence-electron chi connectivity index (χ0n) is 14.9. The highest BCUT2D eigenvalue weighted by Gasteiger charge is 2.14. The topological polar surface area (TPSA) is 42.5 Å². The number of nitrogens with one attached hydrogen (secondary N) is 2. The molecule has 0 radical (unpaired) electrons. The Bertz CT molecular complexity index is 457. The summed E-state index contributed by atoms with van der Waals surface area (Å²) in [5, 5.41) is 7.33. The minimum atomic E-state index is 0.547. The molecule has 2 atom stereocenters. The minimum absolute atomic E-state index is 0.547. The number of ether oxygens (including phenoxy) is 2. The Hall–Kier alpha value is -1.26. The molecule has 1 aliphatic heterocycles. The molecule has 0 spiro atoms. The van der Waals surface area contributed by atoms with Crippen molar-refractivity contribution >= 4 is 0 Å². The van der Waals surface area contributed by atoms with E-state index in [9.17, 15) is 0 Å². The third kappa shape index (κ3) is 6.04. The molecule has 0 amide bonds. The Labute approximate surface area is 140 Å². The van der Waals surface area contributed by atoms with Crippen LogP contribution in [0, 0.1) is 0 Å². The van der Waals surface area contributed by atoms with Crippen LogP contribution in [0.25, 0.3) is 0 Å². The zero-order valence-corrected chi connectivity index (χ0v) is 14.9. The van der Waals surface area contributed by atoms with Crippen molar-refractivity contribution in [2.24, 2.45) is 0 Å². The molecule has 4 heteroatoms. The Morgan fingerprint density at radius 1 is 1.17 bits per heavy atom. The summed E-state index contributed by atoms with van der Waals surface area (Å²) in [6.07, 6.45) is 7.62. The van der Waals surface area contributed by atoms with Crippen molar-refractivity contribution in [3.8, 4) is 11.5 Å². The molecular formula is C19H32N2O2. The van der Waals surface area contributed by atoms with Crippen LogP contribution in [0.3, 0.4) is 0 Å². The first-order valence-electron chi connectivity index (χ1n) is 8.90. The molecule has 0 aliphatic carbocycles. The Morgan fingerprint density at radius 2 is 2.00 bits per heavy atom. The molecule has 0 saturated carbocycles. The summed E-state index contributed by atoms with van der Waals surface area (Å²) >= 11 is 0. The average molecular weight is 320 g/mol. The summed E-state index contributed by atoms with van der Waals surface area (Å²) in [6.45, 7) is 4.47. The summed E-state index contributed by atoms with van der Waals surface area (Å²) in [5.74, 6) is 1.60. The molecule has 0 aromatic heterocycles. The van der Waals surface area contributed by atoms with Crippen molar-refractivity contribution in [3.63, 3.8) is 0 Å². The lowest BCUT2D eigenvalue weighted by atomic mass is 10.0. The highest BCUT2D eigenvalue weighted by molar-refractivity contribution is 5.42. The summed E-state index contributed by atoms with van der Waals surface area (Å²) in [5.41, 5.74) is 1.27. The lowest BCUT2D eigenvalue weighted by Gasteiger charge is -2.21. The van der Waals surface area contributed by atoms with Gasteiger partial charge < -0.3 is 20.1 Å². The third-order valence-electron chi connectivity index (χ3n) is 4.65. The van der Waals surface area contributed by atoms with E-state index < -0.39 is 0 Å². The minimum Gasteiger partial charge on any atom is -0.493 e. The predicted molar refractivity (Wildman–Crippen MR) is 95.6 cm³/mol. The molecule has 2 rings (SSSR count). The van der Waals surface area contributed by atoms with Crippen LogP contribution in [-0.2, 0) is 6.42 Å². The van der Waals surface area contributed by atoms with Crippen LogP contribution in [0.1, 0.15) is 44.6 Å². The van der Waals surface area contributed by atoms with Crippen molar-refractivity contribution in [1.29, 1.82) is 0 Å². The van der Waals surface area contributed by atoms with Gasteiger partial charge in [-0.15, -0.1) is 0 Å². The molecule has 1 fully saturated rings. The molecule has 0 bridgehead atoms. The van der Waals surface area contributed by atoms with Gasteiger partial charge in [0.2, 0.25) is 0 Å². The van der Waals surface area contributed by atoms with E-state index in [0.717, 1.165) is 24.5 Å². The smallest absolute Gasteiger partial charge is 0.160 e. The summed E-state index contributed by atoms with van der Waals surface area (Å²) in [4.78, 5) is 0. The van der Waals surface area contributed by atoms with E-state index in [1.807, 2.05) is 6.07 Å². The molecule has 4 nitrogen and oxygen atoms in total. The van der Waals surface area contributed by atoms with E-state index in [0.29, 0.717) is 12.1 Å². The molecule has 2 N–H and O–H groups in total. The summed E-state index contributed by atoms with van der Waals surface area (Å²) in [7, 11) is 3.35. The first-order chi connectivity index (χ1) is 11.2. The van der Waals surface area contributed by atoms with E-state index in [1.54, 1.807) is 14.2 Å². The summed E-state index contributed by atoms with van der Waals surface area (Å²) < 4.78 is 10.6. The van der Waals surface area contributed by atoms with E-state index in [2.05, 4.69) is 29.7 Å². The van der Waals surface area contributed by atoms with Crippen LogP contribution in [0.5, 0.6) is 11.5 Å². The van der Waals surface area contributed by atoms with Gasteiger partial charge in [-0.3, -0.25) is 0 Å². The highest BCUT2D eigenvalue weighted by Crippen LogP contribution is 2.27. The van der Waals surface area contributed by atoms with Crippen molar-refractivity contribution in [2.75, 3.05) is 27.3 Å². The normalized spacial score (nSPS) is 19.9. The monoisotopic (exact) mass is 320 g/mol. The van der Waals surface area contributed by atoms with Gasteiger partial charge in [0.05, 0.1) is 14.2 Å². The van der Waals surface area contributed by atoms with Crippen molar-refractivity contribution in [1.82, 2.24) is 10.6 Å². The van der Waals surface area contributed by atoms with Gasteiger partial charge in [0, 0.05) is 12.1 Å². The molecule has 1 heterocycles. The van der Waals surface area contributed by atoms with Gasteiger partial charge in [0.15, 0.2) is 11.5 Å². The second-order valence-electron chi connectivity index (χ2n) is 6.53. The molecule has 23 heavy (non-hydrogen) atoms. The maximum absolute atomic E-state index is 5.36. The van der Waals surface area contributed by atoms with Gasteiger partial charge in [-0.2, -0.15) is 0 Å². The van der Waals surface area contributed by atoms with Gasteiger partial charge in [0.1, 0.15) is 0 Å². The molecule has 1 aliphatic rings. The molecule has 130 valence electrons. The molecular weight excluding hydrogens is 288 g/mol. The van der Waals surface area contributed by atoms with Crippen molar-refractivity contribution in [3.05, 3.63) is 23.8 Å². The summed E-state index contributed by atoms with van der Waals surface area (Å²) in [6, 6.07) is 7.39. The van der Waals surface area contributed by atoms with Gasteiger partial charge in [-0.1, -0.05) is 18.9 Å². The van der Waals surface area contributed by atoms with Gasteiger partial charge in [0.25, 0.3) is 0 Å². The van der Waals surface area contributed by atoms with Crippen LogP contribution in [0.15, 0.2) is 18.2 Å². The van der Waals surface area contributed by atoms with E-state index >= 15 is 0 Å². The number of benzene rings is 1. The fraction of sp³-hybridized carbons (Fsp3) is 0.684. The van der Waals surface area contributed by atoms with Crippen LogP contribution in [0.4, 0.5) is 0 Å². The maximum Gasteiger partial charge on any atom is 0.160 e. The van der Waals surface area contributed by atoms with Crippen molar-refractivity contribution in [2.45, 2.75) is 57.5 Å². The highest BCUT2D eigenvalue weighted by atomic mass is 16.5. The zero-order chi connectivity index (χ0) is 16.5. The lowest BCUT2D eigenvalue weighted by molar-refractivity contribution is 0.354. The second-order valence-corrected chi connectivity index (χ2v) is 6.53. The number of hydrogen-bond donors (Lipinski definition) is 2. The fourth-order valence-corrected chi connectivity index (χ4v) is 3.31. The fourth-order valence-electron chi connectivity index (χ4n) is 3.31. The number of methoxy groups -OCH3 is 2. The van der Waals surface area contributed by atoms with E-state index in [1.165, 1.54) is 44.2 Å². The average Bonchev–Trinajstić information content (AvgIpc) is 2.83. The van der Waals surface area contributed by atoms with Crippen LogP contribution in [0.2, 0.25) is 0 Å². The third-order valence-corrected chi connectivity index (χ3v) is 4.65. The molecule has 1 aromatic carbocycles. The Morgan fingerprint density at radius 3 is 2.78 bits per heavy atom. The van der Waals surface area contributed by atoms with Gasteiger partial charge >= 0.3 is 0 Å². The predicted octanol–water partition coefficient (Wildman–Crippen LogP) is 3.15. The maximum atomic E-state index is 5.36.